The number of amides is 1. The van der Waals surface area contributed by atoms with E-state index in [2.05, 4.69) is 24.1 Å². The van der Waals surface area contributed by atoms with Crippen LogP contribution in [0.4, 0.5) is 5.00 Å². The highest BCUT2D eigenvalue weighted by Gasteiger charge is 2.33. The Labute approximate surface area is 150 Å². The van der Waals surface area contributed by atoms with Gasteiger partial charge in [0.2, 0.25) is 5.91 Å². The number of aromatic nitrogens is 1. The van der Waals surface area contributed by atoms with Crippen molar-refractivity contribution in [2.24, 2.45) is 17.1 Å². The molecular formula is C17H30ClN3OS. The first kappa shape index (κ1) is 20.4. The minimum atomic E-state index is 0. The van der Waals surface area contributed by atoms with Crippen LogP contribution in [0.15, 0.2) is 0 Å². The first-order chi connectivity index (χ1) is 10.4. The summed E-state index contributed by atoms with van der Waals surface area (Å²) in [5, 5.41) is 5.05. The summed E-state index contributed by atoms with van der Waals surface area (Å²) in [7, 11) is 0. The van der Waals surface area contributed by atoms with E-state index in [0.29, 0.717) is 18.9 Å². The van der Waals surface area contributed by atoms with Crippen LogP contribution in [-0.4, -0.2) is 17.4 Å². The molecule has 0 aliphatic heterocycles. The van der Waals surface area contributed by atoms with Gasteiger partial charge >= 0.3 is 0 Å². The lowest BCUT2D eigenvalue weighted by Gasteiger charge is -2.35. The van der Waals surface area contributed by atoms with Crippen LogP contribution in [0.2, 0.25) is 0 Å². The Bertz CT molecular complexity index is 510. The van der Waals surface area contributed by atoms with Crippen molar-refractivity contribution < 1.29 is 4.79 Å². The van der Waals surface area contributed by atoms with Crippen LogP contribution >= 0.6 is 23.7 Å². The molecule has 3 N–H and O–H groups in total. The van der Waals surface area contributed by atoms with E-state index in [-0.39, 0.29) is 23.7 Å². The molecular weight excluding hydrogens is 330 g/mol. The number of hydrogen-bond donors (Lipinski definition) is 2. The molecule has 1 aromatic rings. The van der Waals surface area contributed by atoms with Crippen molar-refractivity contribution in [3.05, 3.63) is 10.7 Å². The Kier molecular flexibility index (Phi) is 7.98. The van der Waals surface area contributed by atoms with E-state index in [4.69, 9.17) is 5.73 Å². The van der Waals surface area contributed by atoms with Gasteiger partial charge in [-0.2, -0.15) is 0 Å². The molecule has 132 valence electrons. The van der Waals surface area contributed by atoms with E-state index >= 15 is 0 Å². The first-order valence-corrected chi connectivity index (χ1v) is 9.22. The number of rotatable bonds is 6. The van der Waals surface area contributed by atoms with Crippen LogP contribution in [0.5, 0.6) is 0 Å². The molecule has 6 heteroatoms. The standard InChI is InChI=1S/C17H29N3OS.ClH/c1-12(2)9-14-16(22-13(3)19-14)20-15(21)10-17(11-18)7-5-4-6-8-17;/h12H,4-11,18H2,1-3H3,(H,20,21);1H. The molecule has 0 unspecified atom stereocenters. The topological polar surface area (TPSA) is 68.0 Å². The third-order valence-corrected chi connectivity index (χ3v) is 5.47. The average Bonchev–Trinajstić information content (AvgIpc) is 2.78. The lowest BCUT2D eigenvalue weighted by atomic mass is 9.72. The highest BCUT2D eigenvalue weighted by Crippen LogP contribution is 2.39. The zero-order valence-electron chi connectivity index (χ0n) is 14.5. The number of hydrogen-bond acceptors (Lipinski definition) is 4. The van der Waals surface area contributed by atoms with Gasteiger partial charge in [0.05, 0.1) is 10.7 Å². The van der Waals surface area contributed by atoms with E-state index in [1.54, 1.807) is 11.3 Å². The maximum Gasteiger partial charge on any atom is 0.225 e. The number of aryl methyl sites for hydroxylation is 1. The maximum atomic E-state index is 12.5. The fourth-order valence-electron chi connectivity index (χ4n) is 3.36. The van der Waals surface area contributed by atoms with Gasteiger partial charge in [0.1, 0.15) is 5.00 Å². The monoisotopic (exact) mass is 359 g/mol. The van der Waals surface area contributed by atoms with E-state index < -0.39 is 0 Å². The predicted octanol–water partition coefficient (Wildman–Crippen LogP) is 4.31. The van der Waals surface area contributed by atoms with Crippen LogP contribution in [0, 0.1) is 18.3 Å². The molecule has 0 saturated heterocycles. The number of halogens is 1. The van der Waals surface area contributed by atoms with E-state index in [9.17, 15) is 4.79 Å². The Morgan fingerprint density at radius 3 is 2.57 bits per heavy atom. The summed E-state index contributed by atoms with van der Waals surface area (Å²) in [5.74, 6) is 0.631. The van der Waals surface area contributed by atoms with Gasteiger partial charge in [-0.1, -0.05) is 33.1 Å². The number of anilines is 1. The van der Waals surface area contributed by atoms with Crippen molar-refractivity contribution in [3.8, 4) is 0 Å². The summed E-state index contributed by atoms with van der Waals surface area (Å²) in [6, 6.07) is 0. The number of nitrogens with one attached hydrogen (secondary N) is 1. The highest BCUT2D eigenvalue weighted by molar-refractivity contribution is 7.16. The zero-order chi connectivity index (χ0) is 16.2. The molecule has 1 fully saturated rings. The van der Waals surface area contributed by atoms with E-state index in [1.165, 1.54) is 19.3 Å². The lowest BCUT2D eigenvalue weighted by Crippen LogP contribution is -2.36. The molecule has 1 amide bonds. The second-order valence-electron chi connectivity index (χ2n) is 7.10. The molecule has 1 aliphatic rings. The molecule has 0 spiro atoms. The molecule has 1 saturated carbocycles. The smallest absolute Gasteiger partial charge is 0.225 e. The molecule has 1 aliphatic carbocycles. The van der Waals surface area contributed by atoms with Gasteiger partial charge < -0.3 is 11.1 Å². The van der Waals surface area contributed by atoms with Gasteiger partial charge in [-0.3, -0.25) is 4.79 Å². The Hall–Kier alpha value is -0.650. The van der Waals surface area contributed by atoms with Gasteiger partial charge in [0.25, 0.3) is 0 Å². The Balaban J connectivity index is 0.00000264. The summed E-state index contributed by atoms with van der Waals surface area (Å²) in [5.41, 5.74) is 7.03. The predicted molar refractivity (Wildman–Crippen MR) is 100 cm³/mol. The van der Waals surface area contributed by atoms with E-state index in [1.807, 2.05) is 6.92 Å². The molecule has 2 rings (SSSR count). The minimum Gasteiger partial charge on any atom is -0.330 e. The average molecular weight is 360 g/mol. The third kappa shape index (κ3) is 5.73. The molecule has 0 aromatic carbocycles. The van der Waals surface area contributed by atoms with Gasteiger partial charge in [-0.25, -0.2) is 4.98 Å². The molecule has 1 heterocycles. The molecule has 23 heavy (non-hydrogen) atoms. The van der Waals surface area contributed by atoms with Crippen molar-refractivity contribution in [2.75, 3.05) is 11.9 Å². The van der Waals surface area contributed by atoms with Gasteiger partial charge in [0.15, 0.2) is 0 Å². The Morgan fingerprint density at radius 2 is 2.00 bits per heavy atom. The molecule has 0 radical (unpaired) electrons. The van der Waals surface area contributed by atoms with Crippen LogP contribution in [-0.2, 0) is 11.2 Å². The third-order valence-electron chi connectivity index (χ3n) is 4.54. The molecule has 0 atom stereocenters. The largest absolute Gasteiger partial charge is 0.330 e. The molecule has 1 aromatic heterocycles. The van der Waals surface area contributed by atoms with Crippen molar-refractivity contribution in [3.63, 3.8) is 0 Å². The van der Waals surface area contributed by atoms with Crippen molar-refractivity contribution in [1.82, 2.24) is 4.98 Å². The summed E-state index contributed by atoms with van der Waals surface area (Å²) >= 11 is 1.58. The minimum absolute atomic E-state index is 0. The normalized spacial score (nSPS) is 16.9. The second kappa shape index (κ2) is 9.00. The summed E-state index contributed by atoms with van der Waals surface area (Å²) in [6.07, 6.45) is 7.28. The quantitative estimate of drug-likeness (QED) is 0.795. The van der Waals surface area contributed by atoms with Crippen molar-refractivity contribution in [1.29, 1.82) is 0 Å². The molecule has 4 nitrogen and oxygen atoms in total. The van der Waals surface area contributed by atoms with E-state index in [0.717, 1.165) is 35.0 Å². The lowest BCUT2D eigenvalue weighted by molar-refractivity contribution is -0.118. The van der Waals surface area contributed by atoms with Crippen LogP contribution in [0.1, 0.15) is 63.1 Å². The number of carbonyl (C=O) groups is 1. The summed E-state index contributed by atoms with van der Waals surface area (Å²) in [4.78, 5) is 17.1. The number of thiazole rings is 1. The number of nitrogens with zero attached hydrogens (tertiary/aromatic N) is 1. The molecule has 0 bridgehead atoms. The zero-order valence-corrected chi connectivity index (χ0v) is 16.1. The van der Waals surface area contributed by atoms with Crippen molar-refractivity contribution in [2.45, 2.75) is 65.7 Å². The highest BCUT2D eigenvalue weighted by atomic mass is 35.5. The SMILES string of the molecule is Cc1nc(CC(C)C)c(NC(=O)CC2(CN)CCCCC2)s1.Cl. The summed E-state index contributed by atoms with van der Waals surface area (Å²) < 4.78 is 0. The number of nitrogens with two attached hydrogens (primary N) is 1. The van der Waals surface area contributed by atoms with Crippen LogP contribution in [0.3, 0.4) is 0 Å². The van der Waals surface area contributed by atoms with Crippen LogP contribution < -0.4 is 11.1 Å². The van der Waals surface area contributed by atoms with Crippen LogP contribution in [0.25, 0.3) is 0 Å². The maximum absolute atomic E-state index is 12.5. The fourth-order valence-corrected chi connectivity index (χ4v) is 4.22. The fraction of sp³-hybridized carbons (Fsp3) is 0.765. The summed E-state index contributed by atoms with van der Waals surface area (Å²) in [6.45, 7) is 6.95. The van der Waals surface area contributed by atoms with Gasteiger partial charge in [-0.05, 0) is 44.1 Å². The second-order valence-corrected chi connectivity index (χ2v) is 8.30. The Morgan fingerprint density at radius 1 is 1.35 bits per heavy atom. The first-order valence-electron chi connectivity index (χ1n) is 8.40. The van der Waals surface area contributed by atoms with Gasteiger partial charge in [0, 0.05) is 6.42 Å². The van der Waals surface area contributed by atoms with Crippen molar-refractivity contribution >= 4 is 34.7 Å². The van der Waals surface area contributed by atoms with Gasteiger partial charge in [-0.15, -0.1) is 23.7 Å². The number of carbonyl (C=O) groups excluding carboxylic acids is 1.